The standard InChI is InChI=1S/C11H15ClN2O2S/c1-17(16)6-2-5-14-11(15)9-4-3-8(13)7-10(9)12/h3-4,7H,2,5-6,13H2,1H3,(H,14,15). The van der Waals surface area contributed by atoms with Gasteiger partial charge in [-0.15, -0.1) is 0 Å². The molecule has 4 nitrogen and oxygen atoms in total. The van der Waals surface area contributed by atoms with Crippen LogP contribution in [-0.4, -0.2) is 28.7 Å². The van der Waals surface area contributed by atoms with Gasteiger partial charge in [0.25, 0.3) is 5.91 Å². The summed E-state index contributed by atoms with van der Waals surface area (Å²) in [5.74, 6) is 0.340. The third-order valence-corrected chi connectivity index (χ3v) is 3.31. The Morgan fingerprint density at radius 2 is 2.24 bits per heavy atom. The van der Waals surface area contributed by atoms with E-state index in [9.17, 15) is 9.00 Å². The Morgan fingerprint density at radius 3 is 2.82 bits per heavy atom. The molecular weight excluding hydrogens is 260 g/mol. The van der Waals surface area contributed by atoms with Gasteiger partial charge in [-0.1, -0.05) is 11.6 Å². The Kier molecular flexibility index (Phi) is 5.44. The van der Waals surface area contributed by atoms with Gasteiger partial charge >= 0.3 is 0 Å². The number of halogens is 1. The van der Waals surface area contributed by atoms with Crippen LogP contribution in [0.15, 0.2) is 18.2 Å². The maximum Gasteiger partial charge on any atom is 0.252 e. The predicted octanol–water partition coefficient (Wildman–Crippen LogP) is 1.42. The number of hydrogen-bond acceptors (Lipinski definition) is 3. The van der Waals surface area contributed by atoms with E-state index < -0.39 is 10.8 Å². The molecule has 17 heavy (non-hydrogen) atoms. The van der Waals surface area contributed by atoms with Gasteiger partial charge in [0, 0.05) is 35.0 Å². The highest BCUT2D eigenvalue weighted by Crippen LogP contribution is 2.18. The predicted molar refractivity (Wildman–Crippen MR) is 71.7 cm³/mol. The molecule has 1 aromatic carbocycles. The van der Waals surface area contributed by atoms with Crippen molar-refractivity contribution in [3.8, 4) is 0 Å². The summed E-state index contributed by atoms with van der Waals surface area (Å²) in [7, 11) is -0.826. The normalized spacial score (nSPS) is 12.1. The zero-order chi connectivity index (χ0) is 12.8. The second kappa shape index (κ2) is 6.61. The number of carbonyl (C=O) groups is 1. The number of amides is 1. The molecule has 1 aromatic rings. The third-order valence-electron chi connectivity index (χ3n) is 2.13. The first-order valence-corrected chi connectivity index (χ1v) is 7.24. The van der Waals surface area contributed by atoms with Gasteiger partial charge in [-0.05, 0) is 24.6 Å². The fourth-order valence-corrected chi connectivity index (χ4v) is 2.11. The lowest BCUT2D eigenvalue weighted by atomic mass is 10.2. The molecule has 1 atom stereocenters. The van der Waals surface area contributed by atoms with Crippen LogP contribution < -0.4 is 11.1 Å². The molecule has 94 valence electrons. The maximum atomic E-state index is 11.7. The van der Waals surface area contributed by atoms with Crippen LogP contribution in [0, 0.1) is 0 Å². The summed E-state index contributed by atoms with van der Waals surface area (Å²) in [4.78, 5) is 11.7. The first kappa shape index (κ1) is 14.0. The van der Waals surface area contributed by atoms with E-state index >= 15 is 0 Å². The van der Waals surface area contributed by atoms with E-state index in [1.807, 2.05) is 0 Å². The Bertz CT molecular complexity index is 437. The topological polar surface area (TPSA) is 72.2 Å². The molecular formula is C11H15ClN2O2S. The second-order valence-corrected chi connectivity index (χ2v) is 5.59. The van der Waals surface area contributed by atoms with Gasteiger partial charge in [-0.2, -0.15) is 0 Å². The lowest BCUT2D eigenvalue weighted by Gasteiger charge is -2.06. The van der Waals surface area contributed by atoms with Gasteiger partial charge in [0.15, 0.2) is 0 Å². The number of hydrogen-bond donors (Lipinski definition) is 2. The van der Waals surface area contributed by atoms with E-state index in [2.05, 4.69) is 5.32 Å². The van der Waals surface area contributed by atoms with E-state index in [-0.39, 0.29) is 5.91 Å². The molecule has 0 fully saturated rings. The van der Waals surface area contributed by atoms with Crippen molar-refractivity contribution in [2.45, 2.75) is 6.42 Å². The number of nitrogens with one attached hydrogen (secondary N) is 1. The molecule has 0 aliphatic heterocycles. The number of nitrogen functional groups attached to an aromatic ring is 1. The zero-order valence-electron chi connectivity index (χ0n) is 9.53. The van der Waals surface area contributed by atoms with Crippen molar-refractivity contribution in [3.05, 3.63) is 28.8 Å². The maximum absolute atomic E-state index is 11.7. The van der Waals surface area contributed by atoms with E-state index in [1.165, 1.54) is 6.07 Å². The van der Waals surface area contributed by atoms with E-state index in [4.69, 9.17) is 17.3 Å². The summed E-state index contributed by atoms with van der Waals surface area (Å²) in [6.07, 6.45) is 2.32. The van der Waals surface area contributed by atoms with Crippen molar-refractivity contribution < 1.29 is 9.00 Å². The summed E-state index contributed by atoms with van der Waals surface area (Å²) in [6.45, 7) is 0.485. The number of anilines is 1. The Labute approximate surface area is 108 Å². The average molecular weight is 275 g/mol. The second-order valence-electron chi connectivity index (χ2n) is 3.63. The average Bonchev–Trinajstić information content (AvgIpc) is 2.23. The first-order valence-electron chi connectivity index (χ1n) is 5.14. The molecule has 0 aromatic heterocycles. The molecule has 6 heteroatoms. The fourth-order valence-electron chi connectivity index (χ4n) is 1.29. The number of nitrogens with two attached hydrogens (primary N) is 1. The van der Waals surface area contributed by atoms with Crippen LogP contribution in [0.1, 0.15) is 16.8 Å². The van der Waals surface area contributed by atoms with Gasteiger partial charge in [0.1, 0.15) is 0 Å². The van der Waals surface area contributed by atoms with E-state index in [0.717, 1.165) is 0 Å². The molecule has 0 aliphatic carbocycles. The number of rotatable bonds is 5. The lowest BCUT2D eigenvalue weighted by molar-refractivity contribution is 0.0954. The van der Waals surface area contributed by atoms with Gasteiger partial charge in [0.05, 0.1) is 10.6 Å². The van der Waals surface area contributed by atoms with Gasteiger partial charge in [-0.3, -0.25) is 9.00 Å². The van der Waals surface area contributed by atoms with Crippen molar-refractivity contribution >= 4 is 34.0 Å². The minimum Gasteiger partial charge on any atom is -0.399 e. The van der Waals surface area contributed by atoms with Crippen LogP contribution in [0.25, 0.3) is 0 Å². The van der Waals surface area contributed by atoms with Gasteiger partial charge in [-0.25, -0.2) is 0 Å². The van der Waals surface area contributed by atoms with E-state index in [0.29, 0.717) is 35.0 Å². The molecule has 0 spiro atoms. The van der Waals surface area contributed by atoms with Crippen LogP contribution in [0.2, 0.25) is 5.02 Å². The van der Waals surface area contributed by atoms with Crippen molar-refractivity contribution in [1.29, 1.82) is 0 Å². The summed E-state index contributed by atoms with van der Waals surface area (Å²) in [6, 6.07) is 4.75. The Hall–Kier alpha value is -1.07. The SMILES string of the molecule is CS(=O)CCCNC(=O)c1ccc(N)cc1Cl. The van der Waals surface area contributed by atoms with E-state index in [1.54, 1.807) is 18.4 Å². The molecule has 1 rings (SSSR count). The number of carbonyl (C=O) groups excluding carboxylic acids is 1. The molecule has 1 unspecified atom stereocenters. The summed E-state index contributed by atoms with van der Waals surface area (Å²) < 4.78 is 10.8. The lowest BCUT2D eigenvalue weighted by Crippen LogP contribution is -2.25. The molecule has 3 N–H and O–H groups in total. The molecule has 0 saturated heterocycles. The minimum atomic E-state index is -0.826. The summed E-state index contributed by atoms with van der Waals surface area (Å²) in [5, 5.41) is 3.05. The summed E-state index contributed by atoms with van der Waals surface area (Å²) in [5.41, 5.74) is 6.46. The molecule has 0 radical (unpaired) electrons. The molecule has 0 saturated carbocycles. The highest BCUT2D eigenvalue weighted by molar-refractivity contribution is 7.84. The van der Waals surface area contributed by atoms with Crippen LogP contribution in [-0.2, 0) is 10.8 Å². The molecule has 0 heterocycles. The molecule has 0 aliphatic rings. The first-order chi connectivity index (χ1) is 8.00. The highest BCUT2D eigenvalue weighted by Gasteiger charge is 2.09. The van der Waals surface area contributed by atoms with Crippen LogP contribution >= 0.6 is 11.6 Å². The van der Waals surface area contributed by atoms with Crippen LogP contribution in [0.5, 0.6) is 0 Å². The fraction of sp³-hybridized carbons (Fsp3) is 0.364. The highest BCUT2D eigenvalue weighted by atomic mass is 35.5. The van der Waals surface area contributed by atoms with Crippen molar-refractivity contribution in [2.75, 3.05) is 24.3 Å². The van der Waals surface area contributed by atoms with Crippen LogP contribution in [0.4, 0.5) is 5.69 Å². The van der Waals surface area contributed by atoms with Crippen molar-refractivity contribution in [3.63, 3.8) is 0 Å². The Balaban J connectivity index is 2.50. The van der Waals surface area contributed by atoms with Crippen LogP contribution in [0.3, 0.4) is 0 Å². The summed E-state index contributed by atoms with van der Waals surface area (Å²) >= 11 is 5.90. The molecule has 0 bridgehead atoms. The quantitative estimate of drug-likeness (QED) is 0.630. The monoisotopic (exact) mass is 274 g/mol. The third kappa shape index (κ3) is 4.75. The van der Waals surface area contributed by atoms with Crippen molar-refractivity contribution in [1.82, 2.24) is 5.32 Å². The smallest absolute Gasteiger partial charge is 0.252 e. The van der Waals surface area contributed by atoms with Crippen molar-refractivity contribution in [2.24, 2.45) is 0 Å². The minimum absolute atomic E-state index is 0.239. The van der Waals surface area contributed by atoms with Gasteiger partial charge in [0.2, 0.25) is 0 Å². The zero-order valence-corrected chi connectivity index (χ0v) is 11.1. The molecule has 1 amide bonds. The largest absolute Gasteiger partial charge is 0.399 e. The number of benzene rings is 1. The van der Waals surface area contributed by atoms with Gasteiger partial charge < -0.3 is 11.1 Å². The Morgan fingerprint density at radius 1 is 1.53 bits per heavy atom.